The lowest BCUT2D eigenvalue weighted by molar-refractivity contribution is -0.120. The standard InChI is InChI=1S/C22H27N5OS/c1-15-10-13-20(14-16(15)2)27-22(24-25-26-27)29-18(4)21(28)23-17(3)11-12-19-8-6-5-7-9-19/h5-10,13-14,17-18H,11-12H2,1-4H3,(H,23,28)/t17-,18+/m1/s1. The lowest BCUT2D eigenvalue weighted by atomic mass is 10.1. The van der Waals surface area contributed by atoms with E-state index < -0.39 is 0 Å². The van der Waals surface area contributed by atoms with Crippen molar-refractivity contribution in [2.45, 2.75) is 57.0 Å². The van der Waals surface area contributed by atoms with Gasteiger partial charge in [0.15, 0.2) is 0 Å². The molecular weight excluding hydrogens is 382 g/mol. The van der Waals surface area contributed by atoms with Gasteiger partial charge < -0.3 is 5.32 Å². The molecule has 3 aromatic rings. The minimum atomic E-state index is -0.300. The summed E-state index contributed by atoms with van der Waals surface area (Å²) in [6.45, 7) is 8.04. The van der Waals surface area contributed by atoms with Gasteiger partial charge in [-0.15, -0.1) is 5.10 Å². The van der Waals surface area contributed by atoms with E-state index >= 15 is 0 Å². The Kier molecular flexibility index (Phi) is 7.04. The van der Waals surface area contributed by atoms with E-state index in [4.69, 9.17) is 0 Å². The average molecular weight is 410 g/mol. The van der Waals surface area contributed by atoms with E-state index in [0.717, 1.165) is 18.5 Å². The monoisotopic (exact) mass is 409 g/mol. The van der Waals surface area contributed by atoms with Crippen molar-refractivity contribution >= 4 is 17.7 Å². The van der Waals surface area contributed by atoms with Crippen molar-refractivity contribution in [2.75, 3.05) is 0 Å². The highest BCUT2D eigenvalue weighted by atomic mass is 32.2. The number of aryl methyl sites for hydroxylation is 3. The first-order valence-corrected chi connectivity index (χ1v) is 10.7. The maximum atomic E-state index is 12.6. The quantitative estimate of drug-likeness (QED) is 0.571. The van der Waals surface area contributed by atoms with Crippen LogP contribution in [-0.2, 0) is 11.2 Å². The molecule has 29 heavy (non-hydrogen) atoms. The molecular formula is C22H27N5OS. The number of nitrogens with zero attached hydrogens (tertiary/aromatic N) is 4. The lowest BCUT2D eigenvalue weighted by Crippen LogP contribution is -2.38. The van der Waals surface area contributed by atoms with Gasteiger partial charge in [0.2, 0.25) is 11.1 Å². The number of nitrogens with one attached hydrogen (secondary N) is 1. The topological polar surface area (TPSA) is 72.7 Å². The highest BCUT2D eigenvalue weighted by molar-refractivity contribution is 8.00. The average Bonchev–Trinajstić information content (AvgIpc) is 3.17. The van der Waals surface area contributed by atoms with Crippen LogP contribution in [0.1, 0.15) is 37.0 Å². The van der Waals surface area contributed by atoms with Crippen LogP contribution in [0, 0.1) is 13.8 Å². The van der Waals surface area contributed by atoms with Crippen LogP contribution >= 0.6 is 11.8 Å². The summed E-state index contributed by atoms with van der Waals surface area (Å²) in [5, 5.41) is 15.4. The van der Waals surface area contributed by atoms with Gasteiger partial charge in [-0.1, -0.05) is 48.2 Å². The summed E-state index contributed by atoms with van der Waals surface area (Å²) < 4.78 is 1.68. The molecule has 6 nitrogen and oxygen atoms in total. The SMILES string of the molecule is Cc1ccc(-n2nnnc2S[C@@H](C)C(=O)N[C@H](C)CCc2ccccc2)cc1C. The fourth-order valence-electron chi connectivity index (χ4n) is 2.94. The second-order valence-corrected chi connectivity index (χ2v) is 8.64. The number of hydrogen-bond donors (Lipinski definition) is 1. The van der Waals surface area contributed by atoms with Gasteiger partial charge in [-0.2, -0.15) is 4.68 Å². The molecule has 0 saturated carbocycles. The zero-order valence-electron chi connectivity index (χ0n) is 17.3. The Hall–Kier alpha value is -2.67. The molecule has 0 fully saturated rings. The molecule has 0 aliphatic heterocycles. The van der Waals surface area contributed by atoms with E-state index in [1.165, 1.54) is 28.5 Å². The molecule has 0 radical (unpaired) electrons. The van der Waals surface area contributed by atoms with Gasteiger partial charge >= 0.3 is 0 Å². The van der Waals surface area contributed by atoms with E-state index in [1.807, 2.05) is 50.2 Å². The Labute approximate surface area is 176 Å². The van der Waals surface area contributed by atoms with Gasteiger partial charge in [0.1, 0.15) is 0 Å². The zero-order valence-corrected chi connectivity index (χ0v) is 18.1. The van der Waals surface area contributed by atoms with Crippen LogP contribution < -0.4 is 5.32 Å². The van der Waals surface area contributed by atoms with Gasteiger partial charge in [-0.3, -0.25) is 4.79 Å². The third-order valence-electron chi connectivity index (χ3n) is 4.92. The summed E-state index contributed by atoms with van der Waals surface area (Å²) in [5.74, 6) is -0.00908. The molecule has 0 bridgehead atoms. The van der Waals surface area contributed by atoms with Crippen LogP contribution in [0.25, 0.3) is 5.69 Å². The highest BCUT2D eigenvalue weighted by Crippen LogP contribution is 2.24. The molecule has 3 rings (SSSR count). The summed E-state index contributed by atoms with van der Waals surface area (Å²) in [4.78, 5) is 12.6. The normalized spacial score (nSPS) is 13.1. The van der Waals surface area contributed by atoms with Crippen LogP contribution in [0.15, 0.2) is 53.7 Å². The van der Waals surface area contributed by atoms with E-state index in [-0.39, 0.29) is 17.2 Å². The summed E-state index contributed by atoms with van der Waals surface area (Å²) in [7, 11) is 0. The number of amides is 1. The fourth-order valence-corrected chi connectivity index (χ4v) is 3.76. The van der Waals surface area contributed by atoms with E-state index in [0.29, 0.717) is 5.16 Å². The van der Waals surface area contributed by atoms with E-state index in [1.54, 1.807) is 4.68 Å². The third-order valence-corrected chi connectivity index (χ3v) is 5.96. The molecule has 0 spiro atoms. The molecule has 0 aliphatic carbocycles. The number of benzene rings is 2. The van der Waals surface area contributed by atoms with Crippen molar-refractivity contribution in [1.82, 2.24) is 25.5 Å². The van der Waals surface area contributed by atoms with Crippen molar-refractivity contribution in [2.24, 2.45) is 0 Å². The van der Waals surface area contributed by atoms with Crippen LogP contribution in [0.5, 0.6) is 0 Å². The predicted octanol–water partition coefficient (Wildman–Crippen LogP) is 3.90. The molecule has 7 heteroatoms. The zero-order chi connectivity index (χ0) is 20.8. The largest absolute Gasteiger partial charge is 0.353 e. The molecule has 1 amide bonds. The fraction of sp³-hybridized carbons (Fsp3) is 0.364. The first-order chi connectivity index (χ1) is 13.9. The van der Waals surface area contributed by atoms with Crippen molar-refractivity contribution in [3.8, 4) is 5.69 Å². The highest BCUT2D eigenvalue weighted by Gasteiger charge is 2.20. The molecule has 0 saturated heterocycles. The molecule has 1 aromatic heterocycles. The van der Waals surface area contributed by atoms with Gasteiger partial charge in [-0.05, 0) is 79.8 Å². The molecule has 2 aromatic carbocycles. The van der Waals surface area contributed by atoms with Crippen molar-refractivity contribution in [3.05, 3.63) is 65.2 Å². The number of aromatic nitrogens is 4. The number of carbonyl (C=O) groups is 1. The summed E-state index contributed by atoms with van der Waals surface area (Å²) in [6.07, 6.45) is 1.84. The lowest BCUT2D eigenvalue weighted by Gasteiger charge is -2.17. The van der Waals surface area contributed by atoms with Gasteiger partial charge in [0.05, 0.1) is 10.9 Å². The molecule has 0 unspecified atom stereocenters. The molecule has 0 aliphatic rings. The Balaban J connectivity index is 1.57. The van der Waals surface area contributed by atoms with Crippen LogP contribution in [0.2, 0.25) is 0 Å². The molecule has 2 atom stereocenters. The van der Waals surface area contributed by atoms with Crippen molar-refractivity contribution in [3.63, 3.8) is 0 Å². The summed E-state index contributed by atoms with van der Waals surface area (Å²) in [6, 6.07) is 16.5. The van der Waals surface area contributed by atoms with Gasteiger partial charge in [0.25, 0.3) is 0 Å². The predicted molar refractivity (Wildman–Crippen MR) is 116 cm³/mol. The summed E-state index contributed by atoms with van der Waals surface area (Å²) in [5.41, 5.74) is 4.56. The van der Waals surface area contributed by atoms with Gasteiger partial charge in [0, 0.05) is 6.04 Å². The Morgan fingerprint density at radius 2 is 1.86 bits per heavy atom. The Morgan fingerprint density at radius 3 is 2.59 bits per heavy atom. The van der Waals surface area contributed by atoms with Crippen molar-refractivity contribution < 1.29 is 4.79 Å². The van der Waals surface area contributed by atoms with Crippen LogP contribution in [0.3, 0.4) is 0 Å². The van der Waals surface area contributed by atoms with Crippen molar-refractivity contribution in [1.29, 1.82) is 0 Å². The van der Waals surface area contributed by atoms with Crippen LogP contribution in [-0.4, -0.2) is 37.4 Å². The van der Waals surface area contributed by atoms with E-state index in [2.05, 4.69) is 46.8 Å². The molecule has 1 N–H and O–H groups in total. The second-order valence-electron chi connectivity index (χ2n) is 7.34. The summed E-state index contributed by atoms with van der Waals surface area (Å²) >= 11 is 1.36. The number of carbonyl (C=O) groups excluding carboxylic acids is 1. The van der Waals surface area contributed by atoms with E-state index in [9.17, 15) is 4.79 Å². The minimum Gasteiger partial charge on any atom is -0.353 e. The van der Waals surface area contributed by atoms with Crippen LogP contribution in [0.4, 0.5) is 0 Å². The number of tetrazole rings is 1. The first-order valence-electron chi connectivity index (χ1n) is 9.81. The minimum absolute atomic E-state index is 0.00908. The Bertz CT molecular complexity index is 957. The second kappa shape index (κ2) is 9.69. The maximum absolute atomic E-state index is 12.6. The van der Waals surface area contributed by atoms with Gasteiger partial charge in [-0.25, -0.2) is 0 Å². The molecule has 1 heterocycles. The molecule has 152 valence electrons. The number of thioether (sulfide) groups is 1. The first kappa shape index (κ1) is 21.0. The number of rotatable bonds is 8. The smallest absolute Gasteiger partial charge is 0.233 e. The third kappa shape index (κ3) is 5.67. The maximum Gasteiger partial charge on any atom is 0.233 e. The number of hydrogen-bond acceptors (Lipinski definition) is 5. The Morgan fingerprint density at radius 1 is 1.10 bits per heavy atom.